The van der Waals surface area contributed by atoms with Crippen molar-refractivity contribution in [3.8, 4) is 0 Å². The van der Waals surface area contributed by atoms with Crippen LogP contribution in [-0.4, -0.2) is 41.9 Å². The predicted molar refractivity (Wildman–Crippen MR) is 75.1 cm³/mol. The largest absolute Gasteiger partial charge is 0.480 e. The van der Waals surface area contributed by atoms with E-state index in [1.54, 1.807) is 0 Å². The highest BCUT2D eigenvalue weighted by molar-refractivity contribution is 7.92. The van der Waals surface area contributed by atoms with Gasteiger partial charge < -0.3 is 10.4 Å². The summed E-state index contributed by atoms with van der Waals surface area (Å²) in [6.45, 7) is 3.00. The minimum atomic E-state index is -3.51. The second-order valence-electron chi connectivity index (χ2n) is 5.71. The quantitative estimate of drug-likeness (QED) is 0.741. The van der Waals surface area contributed by atoms with Gasteiger partial charge in [0.05, 0.1) is 5.25 Å². The van der Waals surface area contributed by atoms with Crippen molar-refractivity contribution < 1.29 is 23.1 Å². The first kappa shape index (κ1) is 16.9. The first-order chi connectivity index (χ1) is 9.19. The Balaban J connectivity index is 2.81. The molecule has 7 heteroatoms. The highest BCUT2D eigenvalue weighted by atomic mass is 32.2. The van der Waals surface area contributed by atoms with Crippen molar-refractivity contribution in [2.75, 3.05) is 5.75 Å². The highest BCUT2D eigenvalue weighted by Gasteiger charge is 2.40. The molecule has 0 aromatic heterocycles. The van der Waals surface area contributed by atoms with Gasteiger partial charge in [-0.2, -0.15) is 0 Å². The summed E-state index contributed by atoms with van der Waals surface area (Å²) in [7, 11) is -3.51. The molecule has 0 spiro atoms. The number of carbonyl (C=O) groups is 2. The Morgan fingerprint density at radius 3 is 2.05 bits per heavy atom. The summed E-state index contributed by atoms with van der Waals surface area (Å²) in [5, 5.41) is 11.2. The van der Waals surface area contributed by atoms with Crippen molar-refractivity contribution in [1.82, 2.24) is 5.32 Å². The summed E-state index contributed by atoms with van der Waals surface area (Å²) in [6, 6.07) is 0. The van der Waals surface area contributed by atoms with Gasteiger partial charge in [0.2, 0.25) is 5.91 Å². The molecular weight excluding hydrogens is 282 g/mol. The molecule has 1 rings (SSSR count). The van der Waals surface area contributed by atoms with Gasteiger partial charge in [0.15, 0.2) is 9.84 Å². The van der Waals surface area contributed by atoms with E-state index in [0.29, 0.717) is 12.8 Å². The zero-order chi connectivity index (χ0) is 15.4. The van der Waals surface area contributed by atoms with Crippen LogP contribution in [0.5, 0.6) is 0 Å². The van der Waals surface area contributed by atoms with Crippen LogP contribution in [0.4, 0.5) is 0 Å². The molecule has 6 nitrogen and oxygen atoms in total. The highest BCUT2D eigenvalue weighted by Crippen LogP contribution is 2.27. The molecule has 116 valence electrons. The third-order valence-corrected chi connectivity index (χ3v) is 5.90. The van der Waals surface area contributed by atoms with Crippen LogP contribution < -0.4 is 5.32 Å². The Kier molecular flexibility index (Phi) is 5.56. The van der Waals surface area contributed by atoms with Crippen LogP contribution in [0.2, 0.25) is 0 Å². The molecule has 0 saturated heterocycles. The number of rotatable bonds is 5. The molecule has 1 aliphatic rings. The van der Waals surface area contributed by atoms with Crippen LogP contribution in [0.1, 0.15) is 52.4 Å². The third kappa shape index (κ3) is 4.19. The normalized spacial score (nSPS) is 19.4. The number of carboxylic acid groups (broad SMARTS) is 1. The summed E-state index contributed by atoms with van der Waals surface area (Å²) < 4.78 is 23.4. The minimum Gasteiger partial charge on any atom is -0.480 e. The van der Waals surface area contributed by atoms with E-state index in [4.69, 9.17) is 0 Å². The number of carboxylic acids is 1. The number of hydrogen-bond acceptors (Lipinski definition) is 4. The van der Waals surface area contributed by atoms with Crippen LogP contribution in [0.15, 0.2) is 0 Å². The number of amides is 1. The van der Waals surface area contributed by atoms with Gasteiger partial charge in [-0.1, -0.05) is 25.7 Å². The van der Waals surface area contributed by atoms with Crippen LogP contribution in [0.3, 0.4) is 0 Å². The molecule has 1 aliphatic carbocycles. The number of hydrogen-bond donors (Lipinski definition) is 2. The van der Waals surface area contributed by atoms with Gasteiger partial charge in [-0.3, -0.25) is 4.79 Å². The zero-order valence-electron chi connectivity index (χ0n) is 12.0. The molecule has 20 heavy (non-hydrogen) atoms. The van der Waals surface area contributed by atoms with Gasteiger partial charge in [-0.05, 0) is 26.7 Å². The van der Waals surface area contributed by atoms with Crippen LogP contribution in [-0.2, 0) is 19.4 Å². The predicted octanol–water partition coefficient (Wildman–Crippen LogP) is 1.10. The second kappa shape index (κ2) is 6.56. The van der Waals surface area contributed by atoms with Crippen molar-refractivity contribution in [2.24, 2.45) is 0 Å². The van der Waals surface area contributed by atoms with Gasteiger partial charge in [-0.25, -0.2) is 13.2 Å². The van der Waals surface area contributed by atoms with Gasteiger partial charge in [0, 0.05) is 0 Å². The first-order valence-electron chi connectivity index (χ1n) is 6.95. The molecular formula is C13H23NO5S. The topological polar surface area (TPSA) is 101 Å². The Morgan fingerprint density at radius 1 is 1.15 bits per heavy atom. The summed E-state index contributed by atoms with van der Waals surface area (Å²) in [6.07, 6.45) is 4.04. The number of aliphatic carboxylic acids is 1. The molecule has 1 saturated carbocycles. The molecule has 0 heterocycles. The molecule has 1 amide bonds. The molecule has 0 unspecified atom stereocenters. The van der Waals surface area contributed by atoms with Gasteiger partial charge >= 0.3 is 5.97 Å². The lowest BCUT2D eigenvalue weighted by atomic mass is 9.90. The fraction of sp³-hybridized carbons (Fsp3) is 0.846. The second-order valence-corrected chi connectivity index (χ2v) is 8.26. The van der Waals surface area contributed by atoms with E-state index in [2.05, 4.69) is 5.32 Å². The van der Waals surface area contributed by atoms with E-state index in [9.17, 15) is 23.1 Å². The molecule has 0 radical (unpaired) electrons. The van der Waals surface area contributed by atoms with Crippen LogP contribution >= 0.6 is 0 Å². The Hall–Kier alpha value is -1.11. The molecule has 0 aromatic carbocycles. The number of carbonyl (C=O) groups excluding carboxylic acids is 1. The van der Waals surface area contributed by atoms with Crippen molar-refractivity contribution in [1.29, 1.82) is 0 Å². The maximum absolute atomic E-state index is 11.9. The van der Waals surface area contributed by atoms with Crippen molar-refractivity contribution in [2.45, 2.75) is 63.2 Å². The van der Waals surface area contributed by atoms with Gasteiger partial charge in [0.25, 0.3) is 0 Å². The molecule has 2 N–H and O–H groups in total. The molecule has 0 bridgehead atoms. The van der Waals surface area contributed by atoms with Crippen molar-refractivity contribution in [3.05, 3.63) is 0 Å². The smallest absolute Gasteiger partial charge is 0.329 e. The van der Waals surface area contributed by atoms with E-state index < -0.39 is 38.3 Å². The summed E-state index contributed by atoms with van der Waals surface area (Å²) >= 11 is 0. The third-order valence-electron chi connectivity index (χ3n) is 3.80. The molecule has 1 fully saturated rings. The van der Waals surface area contributed by atoms with E-state index in [1.807, 2.05) is 0 Å². The van der Waals surface area contributed by atoms with Crippen molar-refractivity contribution >= 4 is 21.7 Å². The maximum Gasteiger partial charge on any atom is 0.329 e. The van der Waals surface area contributed by atoms with Crippen molar-refractivity contribution in [3.63, 3.8) is 0 Å². The summed E-state index contributed by atoms with van der Waals surface area (Å²) in [5.74, 6) is -2.45. The fourth-order valence-electron chi connectivity index (χ4n) is 2.38. The van der Waals surface area contributed by atoms with Crippen LogP contribution in [0.25, 0.3) is 0 Å². The summed E-state index contributed by atoms with van der Waals surface area (Å²) in [4.78, 5) is 23.4. The lowest BCUT2D eigenvalue weighted by molar-refractivity contribution is -0.148. The Labute approximate surface area is 119 Å². The minimum absolute atomic E-state index is 0.357. The maximum atomic E-state index is 11.9. The van der Waals surface area contributed by atoms with Crippen LogP contribution in [0, 0.1) is 0 Å². The van der Waals surface area contributed by atoms with Gasteiger partial charge in [0.1, 0.15) is 11.3 Å². The van der Waals surface area contributed by atoms with E-state index in [1.165, 1.54) is 13.8 Å². The summed E-state index contributed by atoms with van der Waals surface area (Å²) in [5.41, 5.74) is -1.31. The first-order valence-corrected chi connectivity index (χ1v) is 8.67. The lowest BCUT2D eigenvalue weighted by Crippen LogP contribution is -2.55. The Morgan fingerprint density at radius 2 is 1.65 bits per heavy atom. The average Bonchev–Trinajstić information content (AvgIpc) is 2.54. The van der Waals surface area contributed by atoms with Gasteiger partial charge in [-0.15, -0.1) is 0 Å². The number of sulfone groups is 1. The van der Waals surface area contributed by atoms with E-state index >= 15 is 0 Å². The fourth-order valence-corrected chi connectivity index (χ4v) is 3.15. The molecule has 0 aliphatic heterocycles. The monoisotopic (exact) mass is 305 g/mol. The Bertz CT molecular complexity index is 461. The SMILES string of the molecule is CC(C)S(=O)(=O)CC(=O)NC1(C(=O)O)CCCCCC1. The zero-order valence-corrected chi connectivity index (χ0v) is 12.8. The molecule has 0 atom stereocenters. The lowest BCUT2D eigenvalue weighted by Gasteiger charge is -2.29. The average molecular weight is 305 g/mol. The number of nitrogens with one attached hydrogen (secondary N) is 1. The van der Waals surface area contributed by atoms with E-state index in [0.717, 1.165) is 25.7 Å². The van der Waals surface area contributed by atoms with E-state index in [-0.39, 0.29) is 0 Å². The standard InChI is InChI=1S/C13H23NO5S/c1-10(2)20(18,19)9-11(15)14-13(12(16)17)7-5-3-4-6-8-13/h10H,3-9H2,1-2H3,(H,14,15)(H,16,17). The molecule has 0 aromatic rings.